The topological polar surface area (TPSA) is 23.9 Å². The minimum Gasteiger partial charge on any atom is -0.313 e. The third-order valence-electron chi connectivity index (χ3n) is 2.28. The molecule has 1 rings (SSSR count). The van der Waals surface area contributed by atoms with Gasteiger partial charge in [-0.2, -0.15) is 0 Å². The van der Waals surface area contributed by atoms with E-state index in [0.717, 1.165) is 19.3 Å². The third-order valence-corrected chi connectivity index (χ3v) is 2.28. The van der Waals surface area contributed by atoms with Crippen molar-refractivity contribution < 1.29 is 0 Å². The second-order valence-electron chi connectivity index (χ2n) is 3.39. The Kier molecular flexibility index (Phi) is 4.24. The Morgan fingerprint density at radius 3 is 2.92 bits per heavy atom. The summed E-state index contributed by atoms with van der Waals surface area (Å²) in [5.74, 6) is 0.486. The number of hydrogen-bond donors (Lipinski definition) is 1. The van der Waals surface area contributed by atoms with E-state index in [0.29, 0.717) is 5.92 Å². The monoisotopic (exact) mass is 175 g/mol. The highest BCUT2D eigenvalue weighted by Crippen LogP contribution is 2.17. The van der Waals surface area contributed by atoms with Crippen LogP contribution in [0.5, 0.6) is 0 Å². The summed E-state index contributed by atoms with van der Waals surface area (Å²) in [6, 6.07) is 0. The van der Waals surface area contributed by atoms with E-state index in [1.807, 2.05) is 0 Å². The van der Waals surface area contributed by atoms with Gasteiger partial charge in [0.1, 0.15) is 0 Å². The van der Waals surface area contributed by atoms with Gasteiger partial charge in [-0.25, -0.2) is 0 Å². The number of nitrogens with one attached hydrogen (secondary N) is 1. The van der Waals surface area contributed by atoms with Gasteiger partial charge in [-0.05, 0) is 37.0 Å². The lowest BCUT2D eigenvalue weighted by Crippen LogP contribution is -1.98. The lowest BCUT2D eigenvalue weighted by molar-refractivity contribution is 0.735. The first kappa shape index (κ1) is 9.97. The van der Waals surface area contributed by atoms with Gasteiger partial charge in [0.2, 0.25) is 0 Å². The highest BCUT2D eigenvalue weighted by atomic mass is 14.3. The van der Waals surface area contributed by atoms with Gasteiger partial charge in [0.15, 0.2) is 0 Å². The van der Waals surface area contributed by atoms with Crippen molar-refractivity contribution in [2.75, 3.05) is 0 Å². The molecule has 1 nitrogen and oxygen atoms in total. The average Bonchev–Trinajstić information content (AvgIpc) is 2.03. The molecule has 1 N–H and O–H groups in total. The number of rotatable bonds is 3. The van der Waals surface area contributed by atoms with Crippen LogP contribution in [-0.4, -0.2) is 6.21 Å². The van der Waals surface area contributed by atoms with Gasteiger partial charge in [0, 0.05) is 0 Å². The molecule has 0 aliphatic heterocycles. The van der Waals surface area contributed by atoms with Crippen molar-refractivity contribution in [1.82, 2.24) is 0 Å². The van der Waals surface area contributed by atoms with Crippen LogP contribution in [0.3, 0.4) is 0 Å². The minimum atomic E-state index is 0.486. The second-order valence-corrected chi connectivity index (χ2v) is 3.39. The summed E-state index contributed by atoms with van der Waals surface area (Å²) in [7, 11) is 0. The van der Waals surface area contributed by atoms with Crippen LogP contribution >= 0.6 is 0 Å². The highest BCUT2D eigenvalue weighted by molar-refractivity contribution is 5.54. The molecule has 0 aromatic carbocycles. The molecule has 1 unspecified atom stereocenters. The summed E-state index contributed by atoms with van der Waals surface area (Å²) in [5, 5.41) is 7.06. The molecule has 1 aliphatic rings. The van der Waals surface area contributed by atoms with E-state index < -0.39 is 0 Å². The van der Waals surface area contributed by atoms with Crippen LogP contribution in [0.25, 0.3) is 0 Å². The quantitative estimate of drug-likeness (QED) is 0.501. The van der Waals surface area contributed by atoms with Crippen molar-refractivity contribution in [2.24, 2.45) is 5.92 Å². The molecule has 0 bridgehead atoms. The molecule has 1 atom stereocenters. The molecule has 0 heterocycles. The minimum absolute atomic E-state index is 0.486. The van der Waals surface area contributed by atoms with E-state index in [9.17, 15) is 0 Å². The molecule has 13 heavy (non-hydrogen) atoms. The predicted octanol–water partition coefficient (Wildman–Crippen LogP) is 3.49. The van der Waals surface area contributed by atoms with E-state index >= 15 is 0 Å². The summed E-state index contributed by atoms with van der Waals surface area (Å²) in [5.41, 5.74) is 1.37. The Hall–Kier alpha value is -1.11. The highest BCUT2D eigenvalue weighted by Gasteiger charge is 2.03. The van der Waals surface area contributed by atoms with Gasteiger partial charge in [-0.3, -0.25) is 0 Å². The Morgan fingerprint density at radius 2 is 2.15 bits per heavy atom. The number of hydrogen-bond acceptors (Lipinski definition) is 1. The predicted molar refractivity (Wildman–Crippen MR) is 58.2 cm³/mol. The fraction of sp³-hybridized carbons (Fsp3) is 0.417. The first-order valence-electron chi connectivity index (χ1n) is 4.85. The SMILES string of the molecule is CC(CC=N)C1=C/C/C=C/C/C=C\1. The Balaban J connectivity index is 2.65. The molecule has 0 spiro atoms. The van der Waals surface area contributed by atoms with Crippen LogP contribution in [0.4, 0.5) is 0 Å². The second kappa shape index (κ2) is 5.52. The van der Waals surface area contributed by atoms with Crippen molar-refractivity contribution >= 4 is 6.21 Å². The van der Waals surface area contributed by atoms with Gasteiger partial charge < -0.3 is 5.41 Å². The normalized spacial score (nSPS) is 27.6. The molecule has 0 fully saturated rings. The van der Waals surface area contributed by atoms with Crippen LogP contribution < -0.4 is 0 Å². The summed E-state index contributed by atoms with van der Waals surface area (Å²) in [6.07, 6.45) is 15.4. The van der Waals surface area contributed by atoms with Crippen molar-refractivity contribution in [3.63, 3.8) is 0 Å². The summed E-state index contributed by atoms with van der Waals surface area (Å²) < 4.78 is 0. The summed E-state index contributed by atoms with van der Waals surface area (Å²) in [6.45, 7) is 2.17. The lowest BCUT2D eigenvalue weighted by atomic mass is 9.95. The molecule has 0 saturated carbocycles. The maximum Gasteiger partial charge on any atom is -0.00418 e. The molecular weight excluding hydrogens is 158 g/mol. The largest absolute Gasteiger partial charge is 0.313 e. The van der Waals surface area contributed by atoms with Crippen molar-refractivity contribution in [1.29, 1.82) is 5.41 Å². The Labute approximate surface area is 80.4 Å². The molecule has 0 aromatic heterocycles. The van der Waals surface area contributed by atoms with Gasteiger partial charge in [0.05, 0.1) is 0 Å². The number of allylic oxidation sites excluding steroid dienone is 6. The van der Waals surface area contributed by atoms with Crippen molar-refractivity contribution in [3.05, 3.63) is 36.0 Å². The molecule has 0 aromatic rings. The third kappa shape index (κ3) is 3.41. The zero-order valence-corrected chi connectivity index (χ0v) is 8.16. The molecule has 1 aliphatic carbocycles. The van der Waals surface area contributed by atoms with Crippen LogP contribution in [-0.2, 0) is 0 Å². The van der Waals surface area contributed by atoms with Crippen molar-refractivity contribution in [3.8, 4) is 0 Å². The van der Waals surface area contributed by atoms with Gasteiger partial charge in [0.25, 0.3) is 0 Å². The van der Waals surface area contributed by atoms with Crippen LogP contribution in [0.2, 0.25) is 0 Å². The molecule has 0 amide bonds. The molecular formula is C12H17N. The van der Waals surface area contributed by atoms with E-state index in [2.05, 4.69) is 37.3 Å². The molecule has 0 saturated heterocycles. The van der Waals surface area contributed by atoms with E-state index in [1.54, 1.807) is 0 Å². The first-order chi connectivity index (χ1) is 6.34. The maximum absolute atomic E-state index is 7.06. The Morgan fingerprint density at radius 1 is 1.38 bits per heavy atom. The fourth-order valence-corrected chi connectivity index (χ4v) is 1.43. The molecule has 0 radical (unpaired) electrons. The van der Waals surface area contributed by atoms with E-state index in [-0.39, 0.29) is 0 Å². The van der Waals surface area contributed by atoms with Crippen LogP contribution in [0.1, 0.15) is 26.2 Å². The van der Waals surface area contributed by atoms with Gasteiger partial charge in [-0.15, -0.1) is 0 Å². The van der Waals surface area contributed by atoms with Gasteiger partial charge in [-0.1, -0.05) is 37.3 Å². The lowest BCUT2D eigenvalue weighted by Gasteiger charge is -2.10. The zero-order chi connectivity index (χ0) is 9.52. The Bertz CT molecular complexity index is 246. The van der Waals surface area contributed by atoms with Crippen LogP contribution in [0, 0.1) is 11.3 Å². The smallest absolute Gasteiger partial charge is 0.00418 e. The van der Waals surface area contributed by atoms with E-state index in [4.69, 9.17) is 5.41 Å². The van der Waals surface area contributed by atoms with Gasteiger partial charge >= 0.3 is 0 Å². The zero-order valence-electron chi connectivity index (χ0n) is 8.16. The van der Waals surface area contributed by atoms with Crippen LogP contribution in [0.15, 0.2) is 36.0 Å². The molecule has 70 valence electrons. The standard InChI is InChI=1S/C12H17N/c1-11(9-10-13)12-7-5-3-2-4-6-8-12/h2-3,6-8,10-11,13H,4-5,9H2,1H3/b3-2+,8-6-,12-7+,13-10?. The maximum atomic E-state index is 7.06. The fourth-order valence-electron chi connectivity index (χ4n) is 1.43. The first-order valence-corrected chi connectivity index (χ1v) is 4.85. The molecule has 1 heteroatoms. The average molecular weight is 175 g/mol. The van der Waals surface area contributed by atoms with Crippen molar-refractivity contribution in [2.45, 2.75) is 26.2 Å². The summed E-state index contributed by atoms with van der Waals surface area (Å²) >= 11 is 0. The van der Waals surface area contributed by atoms with E-state index in [1.165, 1.54) is 11.8 Å². The summed E-state index contributed by atoms with van der Waals surface area (Å²) in [4.78, 5) is 0.